The predicted octanol–water partition coefficient (Wildman–Crippen LogP) is 2.80. The van der Waals surface area contributed by atoms with Gasteiger partial charge in [-0.3, -0.25) is 9.59 Å². The van der Waals surface area contributed by atoms with Crippen molar-refractivity contribution >= 4 is 24.0 Å². The molecule has 0 aromatic heterocycles. The predicted molar refractivity (Wildman–Crippen MR) is 138 cm³/mol. The van der Waals surface area contributed by atoms with Gasteiger partial charge in [-0.1, -0.05) is 48.5 Å². The Bertz CT molecular complexity index is 1100. The molecule has 2 aromatic rings. The zero-order valence-electron chi connectivity index (χ0n) is 21.3. The Morgan fingerprint density at radius 2 is 1.51 bits per heavy atom. The lowest BCUT2D eigenvalue weighted by Crippen LogP contribution is -2.49. The Morgan fingerprint density at radius 3 is 2.08 bits per heavy atom. The van der Waals surface area contributed by atoms with Gasteiger partial charge in [-0.25, -0.2) is 9.59 Å². The number of amides is 4. The van der Waals surface area contributed by atoms with Gasteiger partial charge in [0.15, 0.2) is 0 Å². The summed E-state index contributed by atoms with van der Waals surface area (Å²) in [6.45, 7) is 5.21. The van der Waals surface area contributed by atoms with E-state index in [1.54, 1.807) is 20.8 Å². The van der Waals surface area contributed by atoms with E-state index in [1.807, 2.05) is 48.5 Å². The van der Waals surface area contributed by atoms with E-state index in [9.17, 15) is 19.2 Å². The van der Waals surface area contributed by atoms with Gasteiger partial charge >= 0.3 is 12.2 Å². The SMILES string of the molecule is CC(C)(C)OC(=O)NCCC[C@@H](NC(=O)OCC1c2ccccc2-c2ccccc21)C(=O)NCC(N)=O. The number of nitrogens with two attached hydrogens (primary N) is 1. The molecule has 37 heavy (non-hydrogen) atoms. The first-order valence-corrected chi connectivity index (χ1v) is 12.2. The van der Waals surface area contributed by atoms with Gasteiger partial charge in [0.2, 0.25) is 11.8 Å². The molecule has 0 spiro atoms. The Kier molecular flexibility index (Phi) is 9.10. The molecule has 4 amide bonds. The smallest absolute Gasteiger partial charge is 0.407 e. The highest BCUT2D eigenvalue weighted by molar-refractivity contribution is 5.89. The van der Waals surface area contributed by atoms with Crippen molar-refractivity contribution in [1.82, 2.24) is 16.0 Å². The van der Waals surface area contributed by atoms with Crippen molar-refractivity contribution in [1.29, 1.82) is 0 Å². The molecule has 0 radical (unpaired) electrons. The van der Waals surface area contributed by atoms with Crippen LogP contribution in [0, 0.1) is 0 Å². The van der Waals surface area contributed by atoms with E-state index in [0.29, 0.717) is 6.42 Å². The molecular weight excluding hydrogens is 476 g/mol. The number of rotatable bonds is 10. The molecule has 1 aliphatic rings. The minimum absolute atomic E-state index is 0.0929. The average molecular weight is 511 g/mol. The number of carbonyl (C=O) groups is 4. The van der Waals surface area contributed by atoms with Crippen LogP contribution in [0.1, 0.15) is 50.7 Å². The van der Waals surface area contributed by atoms with E-state index in [0.717, 1.165) is 22.3 Å². The fourth-order valence-electron chi connectivity index (χ4n) is 4.16. The molecule has 0 heterocycles. The van der Waals surface area contributed by atoms with Crippen molar-refractivity contribution in [3.05, 3.63) is 59.7 Å². The van der Waals surface area contributed by atoms with E-state index >= 15 is 0 Å². The molecular formula is C27H34N4O6. The highest BCUT2D eigenvalue weighted by Crippen LogP contribution is 2.44. The van der Waals surface area contributed by atoms with Gasteiger partial charge in [0.25, 0.3) is 0 Å². The van der Waals surface area contributed by atoms with Gasteiger partial charge in [-0.15, -0.1) is 0 Å². The number of nitrogens with one attached hydrogen (secondary N) is 3. The maximum Gasteiger partial charge on any atom is 0.407 e. The second kappa shape index (κ2) is 12.2. The van der Waals surface area contributed by atoms with Gasteiger partial charge in [-0.2, -0.15) is 0 Å². The number of fused-ring (bicyclic) bond motifs is 3. The highest BCUT2D eigenvalue weighted by atomic mass is 16.6. The van der Waals surface area contributed by atoms with Gasteiger partial charge in [0.05, 0.1) is 6.54 Å². The summed E-state index contributed by atoms with van der Waals surface area (Å²) in [7, 11) is 0. The van der Waals surface area contributed by atoms with Crippen LogP contribution >= 0.6 is 0 Å². The second-order valence-electron chi connectivity index (χ2n) is 9.78. The first-order valence-electron chi connectivity index (χ1n) is 12.2. The number of hydrogen-bond acceptors (Lipinski definition) is 6. The van der Waals surface area contributed by atoms with Gasteiger partial charge < -0.3 is 31.2 Å². The molecule has 0 saturated carbocycles. The van der Waals surface area contributed by atoms with Crippen LogP contribution in [0.3, 0.4) is 0 Å². The van der Waals surface area contributed by atoms with Crippen molar-refractivity contribution in [3.63, 3.8) is 0 Å². The fraction of sp³-hybridized carbons (Fsp3) is 0.407. The molecule has 1 aliphatic carbocycles. The Labute approximate surface area is 216 Å². The molecule has 5 N–H and O–H groups in total. The molecule has 0 bridgehead atoms. The summed E-state index contributed by atoms with van der Waals surface area (Å²) in [5, 5.41) is 7.57. The van der Waals surface area contributed by atoms with E-state index in [4.69, 9.17) is 15.2 Å². The number of hydrogen-bond donors (Lipinski definition) is 4. The lowest BCUT2D eigenvalue weighted by molar-refractivity contribution is -0.126. The van der Waals surface area contributed by atoms with E-state index in [-0.39, 0.29) is 32.0 Å². The Balaban J connectivity index is 1.57. The van der Waals surface area contributed by atoms with Crippen LogP contribution in [0.4, 0.5) is 9.59 Å². The third-order valence-electron chi connectivity index (χ3n) is 5.73. The van der Waals surface area contributed by atoms with Crippen molar-refractivity contribution in [2.45, 2.75) is 51.2 Å². The van der Waals surface area contributed by atoms with Gasteiger partial charge in [-0.05, 0) is 55.9 Å². The lowest BCUT2D eigenvalue weighted by Gasteiger charge is -2.21. The minimum Gasteiger partial charge on any atom is -0.449 e. The van der Waals surface area contributed by atoms with Crippen LogP contribution < -0.4 is 21.7 Å². The molecule has 0 aliphatic heterocycles. The molecule has 1 atom stereocenters. The van der Waals surface area contributed by atoms with E-state index in [1.165, 1.54) is 0 Å². The summed E-state index contributed by atoms with van der Waals surface area (Å²) in [5.74, 6) is -1.41. The minimum atomic E-state index is -0.990. The first kappa shape index (κ1) is 27.5. The number of alkyl carbamates (subject to hydrolysis) is 2. The van der Waals surface area contributed by atoms with Crippen molar-refractivity contribution in [2.75, 3.05) is 19.7 Å². The number of ether oxygens (including phenoxy) is 2. The number of carbonyl (C=O) groups excluding carboxylic acids is 4. The normalized spacial score (nSPS) is 13.1. The topological polar surface area (TPSA) is 149 Å². The Hall–Kier alpha value is -4.08. The average Bonchev–Trinajstić information content (AvgIpc) is 3.15. The van der Waals surface area contributed by atoms with Crippen LogP contribution in [-0.2, 0) is 19.1 Å². The Morgan fingerprint density at radius 1 is 0.919 bits per heavy atom. The quantitative estimate of drug-likeness (QED) is 0.361. The molecule has 0 saturated heterocycles. The molecule has 10 heteroatoms. The molecule has 10 nitrogen and oxygen atoms in total. The van der Waals surface area contributed by atoms with Gasteiger partial charge in [0.1, 0.15) is 18.2 Å². The maximum absolute atomic E-state index is 12.7. The van der Waals surface area contributed by atoms with Crippen LogP contribution in [0.5, 0.6) is 0 Å². The third kappa shape index (κ3) is 7.96. The summed E-state index contributed by atoms with van der Waals surface area (Å²) in [6.07, 6.45) is -0.796. The largest absolute Gasteiger partial charge is 0.449 e. The first-order chi connectivity index (χ1) is 17.5. The van der Waals surface area contributed by atoms with E-state index < -0.39 is 35.6 Å². The lowest BCUT2D eigenvalue weighted by atomic mass is 9.98. The zero-order chi connectivity index (χ0) is 27.0. The number of primary amides is 1. The van der Waals surface area contributed by atoms with Crippen LogP contribution in [-0.4, -0.2) is 55.3 Å². The summed E-state index contributed by atoms with van der Waals surface area (Å²) >= 11 is 0. The van der Waals surface area contributed by atoms with Crippen molar-refractivity contribution in [2.24, 2.45) is 5.73 Å². The van der Waals surface area contributed by atoms with Crippen molar-refractivity contribution in [3.8, 4) is 11.1 Å². The molecule has 2 aromatic carbocycles. The molecule has 3 rings (SSSR count). The fourth-order valence-corrected chi connectivity index (χ4v) is 4.16. The molecule has 0 fully saturated rings. The summed E-state index contributed by atoms with van der Waals surface area (Å²) in [4.78, 5) is 48.2. The zero-order valence-corrected chi connectivity index (χ0v) is 21.3. The maximum atomic E-state index is 12.7. The summed E-state index contributed by atoms with van der Waals surface area (Å²) < 4.78 is 10.7. The summed E-state index contributed by atoms with van der Waals surface area (Å²) in [6, 6.07) is 15.0. The molecule has 198 valence electrons. The standard InChI is InChI=1S/C27H34N4O6/c1-27(2,3)37-25(34)29-14-8-13-22(24(33)30-15-23(28)32)31-26(35)36-16-21-19-11-6-4-9-17(19)18-10-5-7-12-20(18)21/h4-7,9-12,21-22H,8,13-16H2,1-3H3,(H2,28,32)(H,29,34)(H,30,33)(H,31,35)/t22-/m1/s1. The van der Waals surface area contributed by atoms with Crippen LogP contribution in [0.2, 0.25) is 0 Å². The summed E-state index contributed by atoms with van der Waals surface area (Å²) in [5.41, 5.74) is 8.83. The van der Waals surface area contributed by atoms with E-state index in [2.05, 4.69) is 16.0 Å². The third-order valence-corrected chi connectivity index (χ3v) is 5.73. The van der Waals surface area contributed by atoms with Gasteiger partial charge in [0, 0.05) is 12.5 Å². The second-order valence-corrected chi connectivity index (χ2v) is 9.78. The highest BCUT2D eigenvalue weighted by Gasteiger charge is 2.30. The molecule has 0 unspecified atom stereocenters. The van der Waals surface area contributed by atoms with Crippen LogP contribution in [0.15, 0.2) is 48.5 Å². The number of benzene rings is 2. The van der Waals surface area contributed by atoms with Crippen LogP contribution in [0.25, 0.3) is 11.1 Å². The van der Waals surface area contributed by atoms with Crippen molar-refractivity contribution < 1.29 is 28.7 Å². The monoisotopic (exact) mass is 510 g/mol.